The summed E-state index contributed by atoms with van der Waals surface area (Å²) in [6, 6.07) is 8.37. The quantitative estimate of drug-likeness (QED) is 0.655. The van der Waals surface area contributed by atoms with Crippen LogP contribution in [0.1, 0.15) is 21.7 Å². The van der Waals surface area contributed by atoms with Crippen molar-refractivity contribution < 1.29 is 19.1 Å². The van der Waals surface area contributed by atoms with Crippen molar-refractivity contribution in [1.82, 2.24) is 5.32 Å². The van der Waals surface area contributed by atoms with Gasteiger partial charge in [-0.15, -0.1) is 0 Å². The van der Waals surface area contributed by atoms with Crippen molar-refractivity contribution in [1.29, 1.82) is 0 Å². The number of hydrogen-bond donors (Lipinski definition) is 2. The molecule has 0 aliphatic carbocycles. The van der Waals surface area contributed by atoms with E-state index in [1.54, 1.807) is 30.3 Å². The van der Waals surface area contributed by atoms with Gasteiger partial charge in [0.1, 0.15) is 15.8 Å². The third-order valence-corrected chi connectivity index (χ3v) is 4.44. The van der Waals surface area contributed by atoms with Gasteiger partial charge in [-0.05, 0) is 36.8 Å². The molecule has 2 aromatic rings. The molecule has 1 aliphatic rings. The molecule has 2 heterocycles. The molecule has 116 valence electrons. The number of hydrogen-bond acceptors (Lipinski definition) is 5. The predicted octanol–water partition coefficient (Wildman–Crippen LogP) is 3.44. The van der Waals surface area contributed by atoms with Gasteiger partial charge in [0.25, 0.3) is 5.91 Å². The molecular formula is C16H11NO4S2. The molecule has 1 fully saturated rings. The Morgan fingerprint density at radius 1 is 1.35 bits per heavy atom. The zero-order valence-corrected chi connectivity index (χ0v) is 13.6. The average Bonchev–Trinajstić information content (AvgIpc) is 3.06. The van der Waals surface area contributed by atoms with Crippen LogP contribution >= 0.6 is 24.0 Å². The van der Waals surface area contributed by atoms with Crippen molar-refractivity contribution in [2.45, 2.75) is 6.92 Å². The Bertz CT molecular complexity index is 867. The average molecular weight is 345 g/mol. The maximum atomic E-state index is 11.6. The van der Waals surface area contributed by atoms with Crippen LogP contribution in [0.15, 0.2) is 39.7 Å². The van der Waals surface area contributed by atoms with Gasteiger partial charge in [0.15, 0.2) is 0 Å². The van der Waals surface area contributed by atoms with Crippen molar-refractivity contribution in [3.63, 3.8) is 0 Å². The van der Waals surface area contributed by atoms with Crippen LogP contribution < -0.4 is 5.32 Å². The molecule has 1 amide bonds. The molecule has 0 saturated carbocycles. The zero-order chi connectivity index (χ0) is 16.6. The topological polar surface area (TPSA) is 79.5 Å². The lowest BCUT2D eigenvalue weighted by Crippen LogP contribution is -2.17. The van der Waals surface area contributed by atoms with Gasteiger partial charge in [0.2, 0.25) is 0 Å². The van der Waals surface area contributed by atoms with Crippen LogP contribution in [0.5, 0.6) is 0 Å². The maximum Gasteiger partial charge on any atom is 0.335 e. The first-order valence-electron chi connectivity index (χ1n) is 6.63. The second kappa shape index (κ2) is 6.02. The second-order valence-electron chi connectivity index (χ2n) is 4.89. The van der Waals surface area contributed by atoms with Crippen LogP contribution in [-0.4, -0.2) is 21.3 Å². The monoisotopic (exact) mass is 345 g/mol. The smallest absolute Gasteiger partial charge is 0.335 e. The fraction of sp³-hybridized carbons (Fsp3) is 0.0625. The summed E-state index contributed by atoms with van der Waals surface area (Å²) >= 11 is 6.12. The van der Waals surface area contributed by atoms with Crippen molar-refractivity contribution >= 4 is 46.3 Å². The molecule has 2 N–H and O–H groups in total. The number of nitrogens with one attached hydrogen (secondary N) is 1. The van der Waals surface area contributed by atoms with E-state index in [1.165, 1.54) is 17.8 Å². The van der Waals surface area contributed by atoms with Gasteiger partial charge in [-0.3, -0.25) is 4.79 Å². The van der Waals surface area contributed by atoms with Crippen LogP contribution in [0, 0.1) is 6.92 Å². The molecule has 0 unspecified atom stereocenters. The summed E-state index contributed by atoms with van der Waals surface area (Å²) < 4.78 is 6.16. The summed E-state index contributed by atoms with van der Waals surface area (Å²) in [6.07, 6.45) is 1.63. The van der Waals surface area contributed by atoms with Gasteiger partial charge in [-0.25, -0.2) is 4.79 Å². The Balaban J connectivity index is 1.91. The van der Waals surface area contributed by atoms with Gasteiger partial charge < -0.3 is 14.8 Å². The normalized spacial score (nSPS) is 16.0. The van der Waals surface area contributed by atoms with E-state index in [9.17, 15) is 9.59 Å². The van der Waals surface area contributed by atoms with Crippen LogP contribution in [0.3, 0.4) is 0 Å². The van der Waals surface area contributed by atoms with Crippen molar-refractivity contribution in [3.05, 3.63) is 52.1 Å². The first-order chi connectivity index (χ1) is 10.9. The number of rotatable bonds is 3. The summed E-state index contributed by atoms with van der Waals surface area (Å²) in [6.45, 7) is 1.82. The van der Waals surface area contributed by atoms with E-state index >= 15 is 0 Å². The van der Waals surface area contributed by atoms with Crippen molar-refractivity contribution in [2.24, 2.45) is 0 Å². The molecule has 1 aromatic carbocycles. The lowest BCUT2D eigenvalue weighted by molar-refractivity contribution is -0.115. The van der Waals surface area contributed by atoms with E-state index in [0.29, 0.717) is 20.7 Å². The fourth-order valence-corrected chi connectivity index (χ4v) is 3.22. The highest BCUT2D eigenvalue weighted by atomic mass is 32.2. The maximum absolute atomic E-state index is 11.6. The molecule has 0 radical (unpaired) electrons. The van der Waals surface area contributed by atoms with Gasteiger partial charge in [0, 0.05) is 11.6 Å². The summed E-state index contributed by atoms with van der Waals surface area (Å²) in [7, 11) is 0. The molecule has 1 aliphatic heterocycles. The molecular weight excluding hydrogens is 334 g/mol. The Kier molecular flexibility index (Phi) is 4.06. The van der Waals surface area contributed by atoms with Gasteiger partial charge in [-0.1, -0.05) is 30.0 Å². The predicted molar refractivity (Wildman–Crippen MR) is 92.1 cm³/mol. The highest BCUT2D eigenvalue weighted by molar-refractivity contribution is 8.26. The molecule has 0 spiro atoms. The molecule has 0 bridgehead atoms. The Morgan fingerprint density at radius 2 is 2.13 bits per heavy atom. The molecule has 7 heteroatoms. The summed E-state index contributed by atoms with van der Waals surface area (Å²) in [5.41, 5.74) is 1.83. The van der Waals surface area contributed by atoms with Crippen molar-refractivity contribution in [3.8, 4) is 11.3 Å². The van der Waals surface area contributed by atoms with E-state index in [4.69, 9.17) is 21.7 Å². The number of furan rings is 1. The van der Waals surface area contributed by atoms with E-state index in [-0.39, 0.29) is 11.5 Å². The SMILES string of the molecule is Cc1cc(C(=O)O)ccc1-c1ccc(/C=C2/SC(=S)NC2=O)o1. The number of carboxylic acids is 1. The number of carbonyl (C=O) groups excluding carboxylic acids is 1. The van der Waals surface area contributed by atoms with Crippen LogP contribution in [0.2, 0.25) is 0 Å². The molecule has 5 nitrogen and oxygen atoms in total. The minimum Gasteiger partial charge on any atom is -0.478 e. The van der Waals surface area contributed by atoms with Crippen LogP contribution in [0.4, 0.5) is 0 Å². The number of carboxylic acid groups (broad SMARTS) is 1. The van der Waals surface area contributed by atoms with Gasteiger partial charge in [-0.2, -0.15) is 0 Å². The summed E-state index contributed by atoms with van der Waals surface area (Å²) in [5.74, 6) is -0.0639. The number of aryl methyl sites for hydroxylation is 1. The Hall–Kier alpha value is -2.38. The molecule has 3 rings (SSSR count). The third kappa shape index (κ3) is 3.20. The lowest BCUT2D eigenvalue weighted by Gasteiger charge is -2.04. The zero-order valence-electron chi connectivity index (χ0n) is 12.0. The summed E-state index contributed by atoms with van der Waals surface area (Å²) in [5, 5.41) is 11.5. The van der Waals surface area contributed by atoms with Crippen LogP contribution in [0.25, 0.3) is 17.4 Å². The number of carbonyl (C=O) groups is 2. The molecule has 1 aromatic heterocycles. The van der Waals surface area contributed by atoms with Crippen molar-refractivity contribution in [2.75, 3.05) is 0 Å². The van der Waals surface area contributed by atoms with Crippen LogP contribution in [-0.2, 0) is 4.79 Å². The molecule has 1 saturated heterocycles. The number of aromatic carboxylic acids is 1. The number of thiocarbonyl (C=S) groups is 1. The number of amides is 1. The first kappa shape index (κ1) is 15.5. The Labute approximate surface area is 141 Å². The molecule has 23 heavy (non-hydrogen) atoms. The second-order valence-corrected chi connectivity index (χ2v) is 6.61. The fourth-order valence-electron chi connectivity index (χ4n) is 2.20. The van der Waals surface area contributed by atoms with E-state index < -0.39 is 5.97 Å². The first-order valence-corrected chi connectivity index (χ1v) is 7.85. The number of thioether (sulfide) groups is 1. The summed E-state index contributed by atoms with van der Waals surface area (Å²) in [4.78, 5) is 23.1. The van der Waals surface area contributed by atoms with E-state index in [1.807, 2.05) is 6.92 Å². The largest absolute Gasteiger partial charge is 0.478 e. The highest BCUT2D eigenvalue weighted by Gasteiger charge is 2.22. The minimum atomic E-state index is -0.968. The standard InChI is InChI=1S/C16H11NO4S2/c1-8-6-9(15(19)20)2-4-11(8)12-5-3-10(21-12)7-13-14(18)17-16(22)23-13/h2-7H,1H3,(H,19,20)(H,17,18,22)/b13-7+. The van der Waals surface area contributed by atoms with Gasteiger partial charge >= 0.3 is 5.97 Å². The lowest BCUT2D eigenvalue weighted by atomic mass is 10.0. The van der Waals surface area contributed by atoms with E-state index in [2.05, 4.69) is 5.32 Å². The molecule has 0 atom stereocenters. The third-order valence-electron chi connectivity index (χ3n) is 3.28. The Morgan fingerprint density at radius 3 is 2.74 bits per heavy atom. The van der Waals surface area contributed by atoms with E-state index in [0.717, 1.165) is 11.1 Å². The highest BCUT2D eigenvalue weighted by Crippen LogP contribution is 2.30. The van der Waals surface area contributed by atoms with Gasteiger partial charge in [0.05, 0.1) is 10.5 Å². The number of benzene rings is 1. The minimum absolute atomic E-state index is 0.229.